The molecule has 1 aliphatic heterocycles. The minimum Gasteiger partial charge on any atom is -0.338 e. The molecule has 0 aliphatic carbocycles. The van der Waals surface area contributed by atoms with Crippen LogP contribution in [-0.2, 0) is 27.8 Å². The monoisotopic (exact) mass is 315 g/mol. The molecule has 1 saturated heterocycles. The van der Waals surface area contributed by atoms with Gasteiger partial charge in [-0.3, -0.25) is 9.52 Å². The Morgan fingerprint density at radius 1 is 1.48 bits per heavy atom. The molecule has 1 fully saturated rings. The number of carbonyl (C=O) groups excluding carboxylic acids is 1. The average Bonchev–Trinajstić information content (AvgIpc) is 2.73. The van der Waals surface area contributed by atoms with E-state index in [9.17, 15) is 13.2 Å². The summed E-state index contributed by atoms with van der Waals surface area (Å²) >= 11 is 0. The Labute approximate surface area is 124 Å². The molecular formula is C13H21N3O4S. The van der Waals surface area contributed by atoms with Crippen molar-refractivity contribution >= 4 is 21.8 Å². The summed E-state index contributed by atoms with van der Waals surface area (Å²) in [5.41, 5.74) is 1.32. The maximum absolute atomic E-state index is 12.1. The van der Waals surface area contributed by atoms with E-state index in [-0.39, 0.29) is 11.8 Å². The fourth-order valence-corrected chi connectivity index (χ4v) is 2.92. The molecule has 1 amide bonds. The first-order valence-corrected chi connectivity index (χ1v) is 8.92. The predicted molar refractivity (Wildman–Crippen MR) is 78.2 cm³/mol. The van der Waals surface area contributed by atoms with Gasteiger partial charge in [0.25, 0.3) is 0 Å². The zero-order valence-electron chi connectivity index (χ0n) is 12.5. The van der Waals surface area contributed by atoms with E-state index in [1.165, 1.54) is 0 Å². The Bertz CT molecular complexity index is 623. The van der Waals surface area contributed by atoms with E-state index in [4.69, 9.17) is 4.52 Å². The number of aromatic nitrogens is 1. The number of carbonyl (C=O) groups is 1. The highest BCUT2D eigenvalue weighted by molar-refractivity contribution is 7.92. The maximum Gasteiger partial charge on any atom is 0.243 e. The highest BCUT2D eigenvalue weighted by Crippen LogP contribution is 2.26. The summed E-state index contributed by atoms with van der Waals surface area (Å²) in [6.45, 7) is 4.97. The lowest BCUT2D eigenvalue weighted by molar-refractivity contribution is -0.135. The summed E-state index contributed by atoms with van der Waals surface area (Å²) in [4.78, 5) is 13.8. The molecule has 1 unspecified atom stereocenters. The van der Waals surface area contributed by atoms with Crippen molar-refractivity contribution in [1.82, 2.24) is 10.1 Å². The number of nitrogens with zero attached hydrogens (tertiary/aromatic N) is 2. The molecule has 1 aromatic heterocycles. The van der Waals surface area contributed by atoms with Crippen LogP contribution in [0.5, 0.6) is 0 Å². The molecule has 118 valence electrons. The van der Waals surface area contributed by atoms with E-state index >= 15 is 0 Å². The van der Waals surface area contributed by atoms with E-state index in [0.717, 1.165) is 12.7 Å². The Hall–Kier alpha value is -1.57. The topological polar surface area (TPSA) is 92.5 Å². The molecule has 1 aliphatic rings. The third-order valence-electron chi connectivity index (χ3n) is 3.60. The first kappa shape index (κ1) is 15.8. The van der Waals surface area contributed by atoms with E-state index in [0.29, 0.717) is 43.1 Å². The Kier molecular flexibility index (Phi) is 4.55. The largest absolute Gasteiger partial charge is 0.338 e. The van der Waals surface area contributed by atoms with Gasteiger partial charge in [0.2, 0.25) is 21.8 Å². The van der Waals surface area contributed by atoms with Crippen LogP contribution in [0.25, 0.3) is 0 Å². The molecule has 0 saturated carbocycles. The number of hydrogen-bond donors (Lipinski definition) is 1. The van der Waals surface area contributed by atoms with Gasteiger partial charge in [-0.2, -0.15) is 0 Å². The third-order valence-corrected chi connectivity index (χ3v) is 4.16. The van der Waals surface area contributed by atoms with Gasteiger partial charge in [0.15, 0.2) is 0 Å². The van der Waals surface area contributed by atoms with Crippen LogP contribution in [0.1, 0.15) is 37.9 Å². The van der Waals surface area contributed by atoms with E-state index in [1.54, 1.807) is 4.90 Å². The summed E-state index contributed by atoms with van der Waals surface area (Å²) in [5.74, 6) is 0.596. The number of anilines is 1. The third kappa shape index (κ3) is 3.96. The fraction of sp³-hybridized carbons (Fsp3) is 0.692. The standard InChI is InChI=1S/C13H21N3O4S/c1-4-11-10(13(20-14-11)15-21(3,18)19)8-16-6-5-9(2)7-12(16)17/h9,15H,4-8H2,1-3H3. The van der Waals surface area contributed by atoms with Crippen molar-refractivity contribution < 1.29 is 17.7 Å². The van der Waals surface area contributed by atoms with Crippen LogP contribution in [0.2, 0.25) is 0 Å². The number of aryl methyl sites for hydroxylation is 1. The van der Waals surface area contributed by atoms with Crippen molar-refractivity contribution in [2.24, 2.45) is 5.92 Å². The average molecular weight is 315 g/mol. The van der Waals surface area contributed by atoms with Crippen molar-refractivity contribution in [3.63, 3.8) is 0 Å². The molecule has 2 rings (SSSR count). The van der Waals surface area contributed by atoms with Gasteiger partial charge in [-0.25, -0.2) is 8.42 Å². The lowest BCUT2D eigenvalue weighted by atomic mass is 9.98. The number of hydrogen-bond acceptors (Lipinski definition) is 5. The summed E-state index contributed by atoms with van der Waals surface area (Å²) < 4.78 is 30.1. The van der Waals surface area contributed by atoms with Gasteiger partial charge in [-0.05, 0) is 18.8 Å². The van der Waals surface area contributed by atoms with Crippen LogP contribution >= 0.6 is 0 Å². The minimum atomic E-state index is -3.44. The van der Waals surface area contributed by atoms with Gasteiger partial charge in [-0.1, -0.05) is 19.0 Å². The number of sulfonamides is 1. The molecule has 8 heteroatoms. The van der Waals surface area contributed by atoms with Crippen LogP contribution in [0.3, 0.4) is 0 Å². The Balaban J connectivity index is 2.22. The highest BCUT2D eigenvalue weighted by atomic mass is 32.2. The second-order valence-electron chi connectivity index (χ2n) is 5.58. The van der Waals surface area contributed by atoms with Crippen LogP contribution in [0.15, 0.2) is 4.52 Å². The maximum atomic E-state index is 12.1. The van der Waals surface area contributed by atoms with Crippen molar-refractivity contribution in [3.8, 4) is 0 Å². The molecule has 1 N–H and O–H groups in total. The zero-order chi connectivity index (χ0) is 15.6. The molecule has 2 heterocycles. The molecule has 1 aromatic rings. The minimum absolute atomic E-state index is 0.0855. The molecule has 21 heavy (non-hydrogen) atoms. The zero-order valence-corrected chi connectivity index (χ0v) is 13.4. The van der Waals surface area contributed by atoms with E-state index in [2.05, 4.69) is 16.8 Å². The Morgan fingerprint density at radius 2 is 2.19 bits per heavy atom. The lowest BCUT2D eigenvalue weighted by Gasteiger charge is -2.30. The van der Waals surface area contributed by atoms with Crippen molar-refractivity contribution in [1.29, 1.82) is 0 Å². The molecular weight excluding hydrogens is 294 g/mol. The molecule has 0 aromatic carbocycles. The van der Waals surface area contributed by atoms with E-state index < -0.39 is 10.0 Å². The van der Waals surface area contributed by atoms with Crippen molar-refractivity contribution in [3.05, 3.63) is 11.3 Å². The van der Waals surface area contributed by atoms with Gasteiger partial charge in [0, 0.05) is 13.0 Å². The number of nitrogens with one attached hydrogen (secondary N) is 1. The normalized spacial score (nSPS) is 19.9. The first-order valence-electron chi connectivity index (χ1n) is 7.03. The number of likely N-dealkylation sites (tertiary alicyclic amines) is 1. The van der Waals surface area contributed by atoms with Gasteiger partial charge < -0.3 is 9.42 Å². The van der Waals surface area contributed by atoms with Crippen LogP contribution in [-0.4, -0.2) is 37.2 Å². The second-order valence-corrected chi connectivity index (χ2v) is 7.33. The van der Waals surface area contributed by atoms with Gasteiger partial charge in [-0.15, -0.1) is 0 Å². The fourth-order valence-electron chi connectivity index (χ4n) is 2.42. The smallest absolute Gasteiger partial charge is 0.243 e. The SMILES string of the molecule is CCc1noc(NS(C)(=O)=O)c1CN1CCC(C)CC1=O. The summed E-state index contributed by atoms with van der Waals surface area (Å²) in [6.07, 6.45) is 3.15. The van der Waals surface area contributed by atoms with Gasteiger partial charge >= 0.3 is 0 Å². The van der Waals surface area contributed by atoms with Gasteiger partial charge in [0.05, 0.1) is 24.1 Å². The summed E-state index contributed by atoms with van der Waals surface area (Å²) in [7, 11) is -3.44. The summed E-state index contributed by atoms with van der Waals surface area (Å²) in [5, 5.41) is 3.88. The number of piperidine rings is 1. The molecule has 0 bridgehead atoms. The van der Waals surface area contributed by atoms with Crippen LogP contribution < -0.4 is 4.72 Å². The number of rotatable bonds is 5. The van der Waals surface area contributed by atoms with Crippen LogP contribution in [0.4, 0.5) is 5.88 Å². The highest BCUT2D eigenvalue weighted by Gasteiger charge is 2.26. The summed E-state index contributed by atoms with van der Waals surface area (Å²) in [6, 6.07) is 0. The Morgan fingerprint density at radius 3 is 2.76 bits per heavy atom. The molecule has 0 radical (unpaired) electrons. The van der Waals surface area contributed by atoms with Crippen molar-refractivity contribution in [2.45, 2.75) is 39.7 Å². The molecule has 7 nitrogen and oxygen atoms in total. The first-order chi connectivity index (χ1) is 9.80. The van der Waals surface area contributed by atoms with Gasteiger partial charge in [0.1, 0.15) is 0 Å². The second kappa shape index (κ2) is 6.05. The predicted octanol–water partition coefficient (Wildman–Crippen LogP) is 1.37. The van der Waals surface area contributed by atoms with Crippen LogP contribution in [0, 0.1) is 5.92 Å². The van der Waals surface area contributed by atoms with E-state index in [1.807, 2.05) is 6.92 Å². The molecule has 0 spiro atoms. The van der Waals surface area contributed by atoms with Crippen molar-refractivity contribution in [2.75, 3.05) is 17.5 Å². The lowest BCUT2D eigenvalue weighted by Crippen LogP contribution is -2.37. The molecule has 1 atom stereocenters. The quantitative estimate of drug-likeness (QED) is 0.886. The number of amides is 1.